The molecule has 0 saturated carbocycles. The SMILES string of the molecule is N#C[C@H]1CCCN1C(=O)C1CCC=C(c2ccc(OCC3CCNCC3)c(F)c2)CC1. The molecule has 0 aromatic heterocycles. The van der Waals surface area contributed by atoms with E-state index >= 15 is 0 Å². The Morgan fingerprint density at radius 2 is 2.06 bits per heavy atom. The fourth-order valence-corrected chi connectivity index (χ4v) is 5.02. The first-order valence-electron chi connectivity index (χ1n) is 11.7. The molecule has 5 nitrogen and oxygen atoms in total. The number of nitrogens with one attached hydrogen (secondary N) is 1. The highest BCUT2D eigenvalue weighted by atomic mass is 19.1. The van der Waals surface area contributed by atoms with Gasteiger partial charge in [0.25, 0.3) is 0 Å². The summed E-state index contributed by atoms with van der Waals surface area (Å²) in [5, 5.41) is 12.6. The maximum absolute atomic E-state index is 14.7. The second-order valence-corrected chi connectivity index (χ2v) is 9.01. The monoisotopic (exact) mass is 425 g/mol. The highest BCUT2D eigenvalue weighted by molar-refractivity contribution is 5.80. The van der Waals surface area contributed by atoms with Crippen LogP contribution in [0.3, 0.4) is 0 Å². The Kier molecular flexibility index (Phi) is 7.24. The molecule has 6 heteroatoms. The van der Waals surface area contributed by atoms with Crippen LogP contribution in [-0.2, 0) is 4.79 Å². The minimum atomic E-state index is -0.321. The number of rotatable bonds is 5. The van der Waals surface area contributed by atoms with E-state index in [9.17, 15) is 14.4 Å². The van der Waals surface area contributed by atoms with Crippen LogP contribution in [0, 0.1) is 29.0 Å². The van der Waals surface area contributed by atoms with Gasteiger partial charge in [-0.1, -0.05) is 12.1 Å². The number of ether oxygens (including phenoxy) is 1. The molecule has 166 valence electrons. The first-order chi connectivity index (χ1) is 15.2. The van der Waals surface area contributed by atoms with Gasteiger partial charge in [-0.15, -0.1) is 0 Å². The summed E-state index contributed by atoms with van der Waals surface area (Å²) in [6.45, 7) is 3.26. The highest BCUT2D eigenvalue weighted by Crippen LogP contribution is 2.33. The Bertz CT molecular complexity index is 857. The number of likely N-dealkylation sites (tertiary alicyclic amines) is 1. The summed E-state index contributed by atoms with van der Waals surface area (Å²) in [5.74, 6) is 0.543. The van der Waals surface area contributed by atoms with Crippen molar-refractivity contribution in [2.45, 2.75) is 57.4 Å². The number of amides is 1. The molecule has 31 heavy (non-hydrogen) atoms. The molecule has 1 aromatic rings. The van der Waals surface area contributed by atoms with Crippen molar-refractivity contribution in [2.24, 2.45) is 11.8 Å². The number of carbonyl (C=O) groups excluding carboxylic acids is 1. The van der Waals surface area contributed by atoms with Gasteiger partial charge in [-0.05, 0) is 93.6 Å². The van der Waals surface area contributed by atoms with Crippen LogP contribution in [0.4, 0.5) is 4.39 Å². The Balaban J connectivity index is 1.34. The molecule has 1 N–H and O–H groups in total. The second-order valence-electron chi connectivity index (χ2n) is 9.01. The van der Waals surface area contributed by atoms with Crippen LogP contribution in [-0.4, -0.2) is 43.1 Å². The molecule has 2 fully saturated rings. The average Bonchev–Trinajstić information content (AvgIpc) is 3.14. The van der Waals surface area contributed by atoms with Gasteiger partial charge < -0.3 is 15.0 Å². The van der Waals surface area contributed by atoms with E-state index in [4.69, 9.17) is 4.74 Å². The Labute approximate surface area is 184 Å². The maximum Gasteiger partial charge on any atom is 0.226 e. The van der Waals surface area contributed by atoms with E-state index in [1.807, 2.05) is 6.07 Å². The number of carbonyl (C=O) groups is 1. The molecule has 1 aromatic carbocycles. The van der Waals surface area contributed by atoms with Crippen molar-refractivity contribution < 1.29 is 13.9 Å². The van der Waals surface area contributed by atoms with Crippen molar-refractivity contribution in [3.05, 3.63) is 35.7 Å². The zero-order valence-corrected chi connectivity index (χ0v) is 18.1. The molecule has 1 unspecified atom stereocenters. The summed E-state index contributed by atoms with van der Waals surface area (Å²) in [6.07, 6.45) is 9.05. The largest absolute Gasteiger partial charge is 0.490 e. The molecule has 0 bridgehead atoms. The number of nitrogens with zero attached hydrogens (tertiary/aromatic N) is 2. The fraction of sp³-hybridized carbons (Fsp3) is 0.600. The van der Waals surface area contributed by atoms with Gasteiger partial charge in [-0.25, -0.2) is 4.39 Å². The smallest absolute Gasteiger partial charge is 0.226 e. The van der Waals surface area contributed by atoms with Crippen LogP contribution in [0.15, 0.2) is 24.3 Å². The minimum Gasteiger partial charge on any atom is -0.490 e. The molecule has 1 aliphatic carbocycles. The normalized spacial score (nSPS) is 24.9. The minimum absolute atomic E-state index is 0.0554. The van der Waals surface area contributed by atoms with Gasteiger partial charge in [0.05, 0.1) is 12.7 Å². The van der Waals surface area contributed by atoms with E-state index in [0.717, 1.165) is 75.6 Å². The van der Waals surface area contributed by atoms with Crippen molar-refractivity contribution >= 4 is 11.5 Å². The van der Waals surface area contributed by atoms with E-state index < -0.39 is 0 Å². The number of hydrogen-bond donors (Lipinski definition) is 1. The van der Waals surface area contributed by atoms with E-state index in [1.165, 1.54) is 0 Å². The highest BCUT2D eigenvalue weighted by Gasteiger charge is 2.33. The van der Waals surface area contributed by atoms with Crippen molar-refractivity contribution in [1.82, 2.24) is 10.2 Å². The lowest BCUT2D eigenvalue weighted by Gasteiger charge is -2.25. The van der Waals surface area contributed by atoms with Gasteiger partial charge in [-0.3, -0.25) is 4.79 Å². The van der Waals surface area contributed by atoms with E-state index in [-0.39, 0.29) is 23.7 Å². The van der Waals surface area contributed by atoms with Crippen molar-refractivity contribution in [3.8, 4) is 11.8 Å². The fourth-order valence-electron chi connectivity index (χ4n) is 5.02. The van der Waals surface area contributed by atoms with Crippen molar-refractivity contribution in [2.75, 3.05) is 26.2 Å². The van der Waals surface area contributed by atoms with Gasteiger partial charge in [0.1, 0.15) is 6.04 Å². The molecule has 4 rings (SSSR count). The van der Waals surface area contributed by atoms with Crippen LogP contribution in [0.25, 0.3) is 5.57 Å². The third-order valence-corrected chi connectivity index (χ3v) is 6.94. The topological polar surface area (TPSA) is 65.4 Å². The lowest BCUT2D eigenvalue weighted by Crippen LogP contribution is -2.38. The molecule has 0 radical (unpaired) electrons. The second kappa shape index (κ2) is 10.3. The standard InChI is InChI=1S/C25H32FN3O2/c26-23-15-21(8-9-24(23)31-17-18-10-12-28-13-11-18)19-3-1-4-20(7-6-19)25(30)29-14-2-5-22(29)16-27/h3,8-9,15,18,20,22,28H,1-2,4-7,10-14,17H2/t20?,22-/m1/s1. The van der Waals surface area contributed by atoms with Crippen molar-refractivity contribution in [1.29, 1.82) is 5.26 Å². The number of hydrogen-bond acceptors (Lipinski definition) is 4. The number of nitriles is 1. The van der Waals surface area contributed by atoms with Gasteiger partial charge in [0.15, 0.2) is 11.6 Å². The van der Waals surface area contributed by atoms with Crippen LogP contribution in [0.2, 0.25) is 0 Å². The van der Waals surface area contributed by atoms with Gasteiger partial charge in [-0.2, -0.15) is 5.26 Å². The molecular formula is C25H32FN3O2. The van der Waals surface area contributed by atoms with Crippen LogP contribution >= 0.6 is 0 Å². The molecule has 1 amide bonds. The maximum atomic E-state index is 14.7. The molecule has 2 aliphatic heterocycles. The summed E-state index contributed by atoms with van der Waals surface area (Å²) < 4.78 is 20.5. The predicted molar refractivity (Wildman–Crippen MR) is 118 cm³/mol. The van der Waals surface area contributed by atoms with Crippen LogP contribution in [0.1, 0.15) is 56.9 Å². The first-order valence-corrected chi connectivity index (χ1v) is 11.7. The molecule has 3 aliphatic rings. The summed E-state index contributed by atoms with van der Waals surface area (Å²) in [4.78, 5) is 14.7. The third kappa shape index (κ3) is 5.27. The number of piperidine rings is 1. The Morgan fingerprint density at radius 1 is 1.23 bits per heavy atom. The Hall–Kier alpha value is -2.39. The molecule has 0 spiro atoms. The summed E-state index contributed by atoms with van der Waals surface area (Å²) in [7, 11) is 0. The number of allylic oxidation sites excluding steroid dienone is 2. The molecule has 2 saturated heterocycles. The summed E-state index contributed by atoms with van der Waals surface area (Å²) >= 11 is 0. The van der Waals surface area contributed by atoms with E-state index in [2.05, 4.69) is 17.5 Å². The molecular weight excluding hydrogens is 393 g/mol. The van der Waals surface area contributed by atoms with Gasteiger partial charge in [0, 0.05) is 12.5 Å². The van der Waals surface area contributed by atoms with Gasteiger partial charge in [0.2, 0.25) is 5.91 Å². The number of halogens is 1. The number of benzene rings is 1. The zero-order valence-electron chi connectivity index (χ0n) is 18.1. The van der Waals surface area contributed by atoms with Crippen molar-refractivity contribution in [3.63, 3.8) is 0 Å². The quantitative estimate of drug-likeness (QED) is 0.764. The van der Waals surface area contributed by atoms with Gasteiger partial charge >= 0.3 is 0 Å². The zero-order chi connectivity index (χ0) is 21.6. The summed E-state index contributed by atoms with van der Waals surface area (Å²) in [5.41, 5.74) is 1.97. The predicted octanol–water partition coefficient (Wildman–Crippen LogP) is 4.29. The van der Waals surface area contributed by atoms with Crippen LogP contribution < -0.4 is 10.1 Å². The summed E-state index contributed by atoms with van der Waals surface area (Å²) in [6, 6.07) is 7.23. The molecule has 2 heterocycles. The average molecular weight is 426 g/mol. The van der Waals surface area contributed by atoms with E-state index in [0.29, 0.717) is 24.8 Å². The lowest BCUT2D eigenvalue weighted by molar-refractivity contribution is -0.135. The lowest BCUT2D eigenvalue weighted by atomic mass is 9.95. The van der Waals surface area contributed by atoms with E-state index in [1.54, 1.807) is 17.0 Å². The van der Waals surface area contributed by atoms with Crippen LogP contribution in [0.5, 0.6) is 5.75 Å². The molecule has 2 atom stereocenters. The third-order valence-electron chi connectivity index (χ3n) is 6.94. The first kappa shape index (κ1) is 21.8. The Morgan fingerprint density at radius 3 is 2.84 bits per heavy atom.